The lowest BCUT2D eigenvalue weighted by Gasteiger charge is -2.07. The van der Waals surface area contributed by atoms with Gasteiger partial charge < -0.3 is 10.3 Å². The zero-order chi connectivity index (χ0) is 10.8. The van der Waals surface area contributed by atoms with Gasteiger partial charge in [-0.05, 0) is 32.0 Å². The lowest BCUT2D eigenvalue weighted by atomic mass is 10.2. The van der Waals surface area contributed by atoms with Crippen molar-refractivity contribution in [2.45, 2.75) is 19.9 Å². The van der Waals surface area contributed by atoms with Crippen molar-refractivity contribution >= 4 is 22.5 Å². The summed E-state index contributed by atoms with van der Waals surface area (Å²) in [6.45, 7) is 3.74. The first-order chi connectivity index (χ1) is 7.27. The van der Waals surface area contributed by atoms with E-state index in [1.807, 2.05) is 12.1 Å². The van der Waals surface area contributed by atoms with Crippen LogP contribution in [0.5, 0.6) is 0 Å². The van der Waals surface area contributed by atoms with Gasteiger partial charge in [0, 0.05) is 17.6 Å². The van der Waals surface area contributed by atoms with E-state index in [0.29, 0.717) is 6.54 Å². The number of nitrogens with zero attached hydrogens (tertiary/aromatic N) is 1. The van der Waals surface area contributed by atoms with E-state index < -0.39 is 0 Å². The third-order valence-electron chi connectivity index (χ3n) is 2.67. The molecule has 0 aliphatic rings. The smallest absolute Gasteiger partial charge is 0.0671 e. The van der Waals surface area contributed by atoms with Crippen molar-refractivity contribution in [3.05, 3.63) is 35.0 Å². The van der Waals surface area contributed by atoms with Crippen molar-refractivity contribution in [3.63, 3.8) is 0 Å². The molecule has 0 spiro atoms. The van der Waals surface area contributed by atoms with E-state index in [-0.39, 0.29) is 0 Å². The van der Waals surface area contributed by atoms with E-state index >= 15 is 0 Å². The Bertz CT molecular complexity index is 474. The highest BCUT2D eigenvalue weighted by molar-refractivity contribution is 6.35. The zero-order valence-corrected chi connectivity index (χ0v) is 9.59. The van der Waals surface area contributed by atoms with Crippen molar-refractivity contribution in [1.82, 2.24) is 4.57 Å². The van der Waals surface area contributed by atoms with Gasteiger partial charge in [-0.1, -0.05) is 23.7 Å². The van der Waals surface area contributed by atoms with Crippen LogP contribution in [0.4, 0.5) is 0 Å². The van der Waals surface area contributed by atoms with Crippen LogP contribution in [-0.2, 0) is 13.0 Å². The summed E-state index contributed by atoms with van der Waals surface area (Å²) < 4.78 is 2.24. The highest BCUT2D eigenvalue weighted by Gasteiger charge is 2.09. The van der Waals surface area contributed by atoms with Crippen LogP contribution in [0.25, 0.3) is 10.9 Å². The van der Waals surface area contributed by atoms with Crippen molar-refractivity contribution < 1.29 is 0 Å². The predicted octanol–water partition coefficient (Wildman–Crippen LogP) is 2.82. The van der Waals surface area contributed by atoms with Crippen LogP contribution in [0.15, 0.2) is 24.3 Å². The first-order valence-corrected chi connectivity index (χ1v) is 5.62. The molecule has 0 fully saturated rings. The molecule has 80 valence electrons. The number of aryl methyl sites for hydroxylation is 1. The second kappa shape index (κ2) is 4.25. The van der Waals surface area contributed by atoms with Crippen molar-refractivity contribution in [2.75, 3.05) is 6.54 Å². The fourth-order valence-electron chi connectivity index (χ4n) is 2.05. The third kappa shape index (κ3) is 1.75. The second-order valence-corrected chi connectivity index (χ2v) is 4.00. The number of halogens is 1. The summed E-state index contributed by atoms with van der Waals surface area (Å²) in [5.41, 5.74) is 7.99. The Morgan fingerprint density at radius 3 is 2.87 bits per heavy atom. The standard InChI is InChI=1S/C12H15ClN2/c1-2-15-10(6-7-14)8-9-4-3-5-11(13)12(9)15/h3-5,8H,2,6-7,14H2,1H3. The molecule has 3 heteroatoms. The molecule has 0 amide bonds. The molecule has 0 aliphatic carbocycles. The summed E-state index contributed by atoms with van der Waals surface area (Å²) in [5.74, 6) is 0. The van der Waals surface area contributed by atoms with Gasteiger partial charge in [0.2, 0.25) is 0 Å². The van der Waals surface area contributed by atoms with Crippen LogP contribution >= 0.6 is 11.6 Å². The molecule has 0 radical (unpaired) electrons. The first kappa shape index (κ1) is 10.5. The van der Waals surface area contributed by atoms with Gasteiger partial charge in [-0.3, -0.25) is 0 Å². The number of para-hydroxylation sites is 1. The maximum absolute atomic E-state index is 6.20. The number of aromatic nitrogens is 1. The van der Waals surface area contributed by atoms with Gasteiger partial charge in [-0.2, -0.15) is 0 Å². The number of benzene rings is 1. The van der Waals surface area contributed by atoms with E-state index in [4.69, 9.17) is 17.3 Å². The molecule has 0 saturated carbocycles. The molecule has 2 nitrogen and oxygen atoms in total. The molecule has 2 rings (SSSR count). The van der Waals surface area contributed by atoms with Crippen molar-refractivity contribution in [1.29, 1.82) is 0 Å². The number of fused-ring (bicyclic) bond motifs is 1. The minimum absolute atomic E-state index is 0.675. The average Bonchev–Trinajstić information content (AvgIpc) is 2.57. The molecule has 1 aromatic carbocycles. The van der Waals surface area contributed by atoms with Gasteiger partial charge in [0.25, 0.3) is 0 Å². The Labute approximate surface area is 94.6 Å². The van der Waals surface area contributed by atoms with E-state index in [9.17, 15) is 0 Å². The van der Waals surface area contributed by atoms with Crippen molar-refractivity contribution in [3.8, 4) is 0 Å². The maximum Gasteiger partial charge on any atom is 0.0671 e. The zero-order valence-electron chi connectivity index (χ0n) is 8.83. The minimum atomic E-state index is 0.675. The SMILES string of the molecule is CCn1c(CCN)cc2cccc(Cl)c21. The second-order valence-electron chi connectivity index (χ2n) is 3.60. The summed E-state index contributed by atoms with van der Waals surface area (Å²) in [5, 5.41) is 2.02. The summed E-state index contributed by atoms with van der Waals surface area (Å²) in [4.78, 5) is 0. The highest BCUT2D eigenvalue weighted by atomic mass is 35.5. The molecule has 15 heavy (non-hydrogen) atoms. The van der Waals surface area contributed by atoms with Gasteiger partial charge in [-0.25, -0.2) is 0 Å². The predicted molar refractivity (Wildman–Crippen MR) is 65.4 cm³/mol. The van der Waals surface area contributed by atoms with Gasteiger partial charge in [0.15, 0.2) is 0 Å². The van der Waals surface area contributed by atoms with Crippen LogP contribution in [0.2, 0.25) is 5.02 Å². The number of hydrogen-bond donors (Lipinski definition) is 1. The van der Waals surface area contributed by atoms with Gasteiger partial charge in [0.1, 0.15) is 0 Å². The monoisotopic (exact) mass is 222 g/mol. The topological polar surface area (TPSA) is 30.9 Å². The summed E-state index contributed by atoms with van der Waals surface area (Å²) >= 11 is 6.20. The molecule has 0 unspecified atom stereocenters. The first-order valence-electron chi connectivity index (χ1n) is 5.24. The number of nitrogens with two attached hydrogens (primary N) is 1. The lowest BCUT2D eigenvalue weighted by molar-refractivity contribution is 0.732. The third-order valence-corrected chi connectivity index (χ3v) is 2.98. The molecule has 1 aromatic heterocycles. The molecule has 2 N–H and O–H groups in total. The molecule has 0 bridgehead atoms. The molecular weight excluding hydrogens is 208 g/mol. The fraction of sp³-hybridized carbons (Fsp3) is 0.333. The Morgan fingerprint density at radius 1 is 1.40 bits per heavy atom. The van der Waals surface area contributed by atoms with Crippen molar-refractivity contribution in [2.24, 2.45) is 5.73 Å². The minimum Gasteiger partial charge on any atom is -0.344 e. The summed E-state index contributed by atoms with van der Waals surface area (Å²) in [6.07, 6.45) is 0.902. The van der Waals surface area contributed by atoms with Crippen LogP contribution in [0.1, 0.15) is 12.6 Å². The van der Waals surface area contributed by atoms with E-state index in [0.717, 1.165) is 23.5 Å². The van der Waals surface area contributed by atoms with Gasteiger partial charge in [-0.15, -0.1) is 0 Å². The molecule has 0 aliphatic heterocycles. The quantitative estimate of drug-likeness (QED) is 0.851. The average molecular weight is 223 g/mol. The molecule has 1 heterocycles. The largest absolute Gasteiger partial charge is 0.344 e. The molecule has 0 atom stereocenters. The van der Waals surface area contributed by atoms with Crippen LogP contribution < -0.4 is 5.73 Å². The normalized spacial score (nSPS) is 11.1. The Kier molecular flexibility index (Phi) is 2.98. The van der Waals surface area contributed by atoms with Gasteiger partial charge >= 0.3 is 0 Å². The Morgan fingerprint density at radius 2 is 2.20 bits per heavy atom. The summed E-state index contributed by atoms with van der Waals surface area (Å²) in [6, 6.07) is 8.18. The fourth-order valence-corrected chi connectivity index (χ4v) is 2.33. The lowest BCUT2D eigenvalue weighted by Crippen LogP contribution is -2.08. The molecule has 0 saturated heterocycles. The molecular formula is C12H15ClN2. The van der Waals surface area contributed by atoms with Crippen LogP contribution in [0.3, 0.4) is 0 Å². The number of rotatable bonds is 3. The van der Waals surface area contributed by atoms with Crippen LogP contribution in [0, 0.1) is 0 Å². The van der Waals surface area contributed by atoms with E-state index in [1.165, 1.54) is 11.1 Å². The van der Waals surface area contributed by atoms with Gasteiger partial charge in [0.05, 0.1) is 10.5 Å². The maximum atomic E-state index is 6.20. The highest BCUT2D eigenvalue weighted by Crippen LogP contribution is 2.27. The Balaban J connectivity index is 2.68. The molecule has 2 aromatic rings. The number of hydrogen-bond acceptors (Lipinski definition) is 1. The van der Waals surface area contributed by atoms with Crippen LogP contribution in [-0.4, -0.2) is 11.1 Å². The summed E-state index contributed by atoms with van der Waals surface area (Å²) in [7, 11) is 0. The van der Waals surface area contributed by atoms with E-state index in [1.54, 1.807) is 0 Å². The Hall–Kier alpha value is -0.990. The van der Waals surface area contributed by atoms with E-state index in [2.05, 4.69) is 23.6 Å².